The van der Waals surface area contributed by atoms with Crippen LogP contribution in [0.25, 0.3) is 0 Å². The Morgan fingerprint density at radius 2 is 2.08 bits per heavy atom. The van der Waals surface area contributed by atoms with E-state index in [0.29, 0.717) is 17.0 Å². The standard InChI is InChI=1S/C16H17N3O5/c1-16(2)15(21)14(18-9-5-6-17-13(20)7-9)11-8-10(19(22)23)3-4-12(11)24-16/h3-8,14-15,21H,1-2H3,(H2,17,18,20). The lowest BCUT2D eigenvalue weighted by atomic mass is 9.86. The van der Waals surface area contributed by atoms with Crippen molar-refractivity contribution in [2.24, 2.45) is 0 Å². The third-order valence-corrected chi connectivity index (χ3v) is 4.04. The van der Waals surface area contributed by atoms with E-state index < -0.39 is 22.7 Å². The molecule has 2 atom stereocenters. The maximum atomic E-state index is 11.5. The zero-order chi connectivity index (χ0) is 17.5. The van der Waals surface area contributed by atoms with Crippen molar-refractivity contribution in [3.8, 4) is 5.75 Å². The average molecular weight is 331 g/mol. The van der Waals surface area contributed by atoms with Crippen molar-refractivity contribution in [3.05, 3.63) is 62.6 Å². The quantitative estimate of drug-likeness (QED) is 0.584. The highest BCUT2D eigenvalue weighted by atomic mass is 16.6. The summed E-state index contributed by atoms with van der Waals surface area (Å²) in [5.74, 6) is 0.457. The van der Waals surface area contributed by atoms with E-state index in [4.69, 9.17) is 4.74 Å². The SMILES string of the molecule is CC1(C)Oc2ccc([N+](=O)[O-])cc2C(Nc2cc[nH]c(=O)c2)C1O. The normalized spacial score (nSPS) is 21.5. The zero-order valence-electron chi connectivity index (χ0n) is 13.1. The second-order valence-corrected chi connectivity index (χ2v) is 6.19. The molecule has 1 aromatic carbocycles. The van der Waals surface area contributed by atoms with Gasteiger partial charge in [0.15, 0.2) is 0 Å². The van der Waals surface area contributed by atoms with Crippen molar-refractivity contribution >= 4 is 11.4 Å². The molecule has 126 valence electrons. The van der Waals surface area contributed by atoms with E-state index in [2.05, 4.69) is 10.3 Å². The molecule has 0 bridgehead atoms. The van der Waals surface area contributed by atoms with E-state index in [1.165, 1.54) is 30.5 Å². The van der Waals surface area contributed by atoms with Crippen LogP contribution < -0.4 is 15.6 Å². The number of aliphatic hydroxyl groups excluding tert-OH is 1. The molecular formula is C16H17N3O5. The van der Waals surface area contributed by atoms with Gasteiger partial charge in [-0.15, -0.1) is 0 Å². The minimum atomic E-state index is -0.980. The number of aromatic amines is 1. The van der Waals surface area contributed by atoms with Gasteiger partial charge in [-0.25, -0.2) is 0 Å². The maximum Gasteiger partial charge on any atom is 0.270 e. The van der Waals surface area contributed by atoms with Gasteiger partial charge in [0.1, 0.15) is 17.5 Å². The molecule has 1 aliphatic heterocycles. The molecule has 0 spiro atoms. The molecule has 2 unspecified atom stereocenters. The summed E-state index contributed by atoms with van der Waals surface area (Å²) in [6, 6.07) is 6.59. The van der Waals surface area contributed by atoms with Crippen molar-refractivity contribution in [3.63, 3.8) is 0 Å². The van der Waals surface area contributed by atoms with Crippen molar-refractivity contribution in [2.45, 2.75) is 31.6 Å². The molecule has 3 rings (SSSR count). The number of aromatic nitrogens is 1. The lowest BCUT2D eigenvalue weighted by Crippen LogP contribution is -2.50. The van der Waals surface area contributed by atoms with Crippen LogP contribution in [0, 0.1) is 10.1 Å². The summed E-state index contributed by atoms with van der Waals surface area (Å²) in [7, 11) is 0. The zero-order valence-corrected chi connectivity index (χ0v) is 13.1. The molecule has 1 aliphatic rings. The van der Waals surface area contributed by atoms with Crippen LogP contribution in [0.1, 0.15) is 25.5 Å². The Kier molecular flexibility index (Phi) is 3.76. The third kappa shape index (κ3) is 2.83. The first kappa shape index (κ1) is 16.0. The number of hydrogen-bond donors (Lipinski definition) is 3. The van der Waals surface area contributed by atoms with Crippen LogP contribution in [0.2, 0.25) is 0 Å². The number of aliphatic hydroxyl groups is 1. The minimum Gasteiger partial charge on any atom is -0.485 e. The molecule has 0 aliphatic carbocycles. The van der Waals surface area contributed by atoms with Gasteiger partial charge >= 0.3 is 0 Å². The monoisotopic (exact) mass is 331 g/mol. The maximum absolute atomic E-state index is 11.5. The molecule has 0 fully saturated rings. The number of anilines is 1. The Balaban J connectivity index is 2.07. The largest absolute Gasteiger partial charge is 0.485 e. The first-order chi connectivity index (χ1) is 11.3. The number of rotatable bonds is 3. The molecule has 24 heavy (non-hydrogen) atoms. The number of benzene rings is 1. The second kappa shape index (κ2) is 5.64. The van der Waals surface area contributed by atoms with Crippen molar-refractivity contribution < 1.29 is 14.8 Å². The summed E-state index contributed by atoms with van der Waals surface area (Å²) < 4.78 is 5.78. The number of nitrogens with one attached hydrogen (secondary N) is 2. The van der Waals surface area contributed by atoms with Gasteiger partial charge in [-0.05, 0) is 26.0 Å². The molecule has 0 radical (unpaired) electrons. The number of hydrogen-bond acceptors (Lipinski definition) is 6. The minimum absolute atomic E-state index is 0.0954. The van der Waals surface area contributed by atoms with Crippen LogP contribution in [0.3, 0.4) is 0 Å². The highest BCUT2D eigenvalue weighted by Crippen LogP contribution is 2.42. The second-order valence-electron chi connectivity index (χ2n) is 6.19. The van der Waals surface area contributed by atoms with Gasteiger partial charge in [0.25, 0.3) is 5.69 Å². The van der Waals surface area contributed by atoms with E-state index in [1.807, 2.05) is 0 Å². The predicted octanol–water partition coefficient (Wildman–Crippen LogP) is 1.97. The molecule has 1 aromatic heterocycles. The number of pyridine rings is 1. The molecule has 2 heterocycles. The Labute approximate surface area is 137 Å². The lowest BCUT2D eigenvalue weighted by molar-refractivity contribution is -0.385. The molecule has 3 N–H and O–H groups in total. The Hall–Kier alpha value is -2.87. The highest BCUT2D eigenvalue weighted by Gasteiger charge is 2.43. The summed E-state index contributed by atoms with van der Waals surface area (Å²) in [5.41, 5.74) is -0.321. The Morgan fingerprint density at radius 3 is 2.75 bits per heavy atom. The molecule has 8 heteroatoms. The van der Waals surface area contributed by atoms with Gasteiger partial charge in [0.2, 0.25) is 5.56 Å². The molecule has 0 saturated heterocycles. The highest BCUT2D eigenvalue weighted by molar-refractivity contribution is 5.53. The first-order valence-electron chi connectivity index (χ1n) is 7.38. The first-order valence-corrected chi connectivity index (χ1v) is 7.38. The number of non-ortho nitro benzene ring substituents is 1. The fourth-order valence-corrected chi connectivity index (χ4v) is 2.77. The number of H-pyrrole nitrogens is 1. The van der Waals surface area contributed by atoms with Gasteiger partial charge in [0.05, 0.1) is 11.0 Å². The van der Waals surface area contributed by atoms with E-state index in [-0.39, 0.29) is 11.2 Å². The van der Waals surface area contributed by atoms with Crippen LogP contribution in [-0.4, -0.2) is 26.7 Å². The lowest BCUT2D eigenvalue weighted by Gasteiger charge is -2.42. The van der Waals surface area contributed by atoms with Crippen LogP contribution >= 0.6 is 0 Å². The molecule has 0 amide bonds. The van der Waals surface area contributed by atoms with Crippen LogP contribution in [-0.2, 0) is 0 Å². The van der Waals surface area contributed by atoms with Crippen molar-refractivity contribution in [1.29, 1.82) is 0 Å². The fraction of sp³-hybridized carbons (Fsp3) is 0.312. The predicted molar refractivity (Wildman–Crippen MR) is 87.2 cm³/mol. The van der Waals surface area contributed by atoms with Crippen LogP contribution in [0.15, 0.2) is 41.3 Å². The summed E-state index contributed by atoms with van der Waals surface area (Å²) in [4.78, 5) is 24.5. The smallest absolute Gasteiger partial charge is 0.270 e. The number of fused-ring (bicyclic) bond motifs is 1. The van der Waals surface area contributed by atoms with E-state index >= 15 is 0 Å². The Morgan fingerprint density at radius 1 is 1.33 bits per heavy atom. The topological polar surface area (TPSA) is 117 Å². The summed E-state index contributed by atoms with van der Waals surface area (Å²) in [6.45, 7) is 3.46. The van der Waals surface area contributed by atoms with Crippen molar-refractivity contribution in [1.82, 2.24) is 4.98 Å². The summed E-state index contributed by atoms with van der Waals surface area (Å²) >= 11 is 0. The summed E-state index contributed by atoms with van der Waals surface area (Å²) in [5, 5.41) is 24.8. The summed E-state index contributed by atoms with van der Waals surface area (Å²) in [6.07, 6.45) is 0.502. The number of nitrogens with zero attached hydrogens (tertiary/aromatic N) is 1. The van der Waals surface area contributed by atoms with Gasteiger partial charge in [-0.2, -0.15) is 0 Å². The third-order valence-electron chi connectivity index (χ3n) is 4.04. The van der Waals surface area contributed by atoms with Crippen LogP contribution in [0.5, 0.6) is 5.75 Å². The van der Waals surface area contributed by atoms with E-state index in [0.717, 1.165) is 0 Å². The average Bonchev–Trinajstić information content (AvgIpc) is 2.51. The number of ether oxygens (including phenoxy) is 1. The van der Waals surface area contributed by atoms with Crippen LogP contribution in [0.4, 0.5) is 11.4 Å². The molecule has 8 nitrogen and oxygen atoms in total. The molecule has 2 aromatic rings. The molecule has 0 saturated carbocycles. The number of nitro groups is 1. The molecular weight excluding hydrogens is 314 g/mol. The van der Waals surface area contributed by atoms with Crippen molar-refractivity contribution in [2.75, 3.05) is 5.32 Å². The fourth-order valence-electron chi connectivity index (χ4n) is 2.77. The van der Waals surface area contributed by atoms with E-state index in [1.54, 1.807) is 19.9 Å². The Bertz CT molecular complexity index is 846. The van der Waals surface area contributed by atoms with Gasteiger partial charge < -0.3 is 20.1 Å². The number of nitro benzene ring substituents is 1. The van der Waals surface area contributed by atoms with Gasteiger partial charge in [-0.3, -0.25) is 14.9 Å². The van der Waals surface area contributed by atoms with E-state index in [9.17, 15) is 20.0 Å². The van der Waals surface area contributed by atoms with Gasteiger partial charge in [-0.1, -0.05) is 0 Å². The van der Waals surface area contributed by atoms with Gasteiger partial charge in [0, 0.05) is 35.6 Å².